The zero-order chi connectivity index (χ0) is 15.5. The van der Waals surface area contributed by atoms with Crippen LogP contribution in [-0.2, 0) is 0 Å². The summed E-state index contributed by atoms with van der Waals surface area (Å²) < 4.78 is 0. The largest absolute Gasteiger partial charge is 0.396 e. The molecule has 0 bridgehead atoms. The van der Waals surface area contributed by atoms with Gasteiger partial charge in [-0.3, -0.25) is 0 Å². The quantitative estimate of drug-likeness (QED) is 0.722. The topological polar surface area (TPSA) is 40.5 Å². The van der Waals surface area contributed by atoms with Crippen LogP contribution in [-0.4, -0.2) is 23.4 Å². The Labute approximate surface area is 130 Å². The Morgan fingerprint density at radius 3 is 2.67 bits per heavy atom. The highest BCUT2D eigenvalue weighted by molar-refractivity contribution is 5.14. The van der Waals surface area contributed by atoms with E-state index in [2.05, 4.69) is 32.9 Å². The van der Waals surface area contributed by atoms with Crippen LogP contribution in [0, 0.1) is 28.6 Å². The fourth-order valence-corrected chi connectivity index (χ4v) is 4.97. The fraction of sp³-hybridized carbons (Fsp3) is 0.895. The molecule has 122 valence electrons. The number of hydrogen-bond acceptors (Lipinski definition) is 2. The van der Waals surface area contributed by atoms with E-state index < -0.39 is 0 Å². The van der Waals surface area contributed by atoms with Gasteiger partial charge in [-0.25, -0.2) is 0 Å². The fourth-order valence-electron chi connectivity index (χ4n) is 4.97. The van der Waals surface area contributed by atoms with E-state index in [1.54, 1.807) is 0 Å². The molecule has 5 unspecified atom stereocenters. The molecule has 5 atom stereocenters. The number of rotatable bonds is 6. The van der Waals surface area contributed by atoms with Crippen molar-refractivity contribution in [1.82, 2.24) is 0 Å². The summed E-state index contributed by atoms with van der Waals surface area (Å²) in [5.41, 5.74) is 0.370. The average molecular weight is 294 g/mol. The Morgan fingerprint density at radius 2 is 2.00 bits per heavy atom. The first-order chi connectivity index (χ1) is 9.98. The molecule has 1 fully saturated rings. The second-order valence-electron chi connectivity index (χ2n) is 8.03. The first kappa shape index (κ1) is 17.0. The van der Waals surface area contributed by atoms with Crippen molar-refractivity contribution in [3.05, 3.63) is 12.2 Å². The molecular formula is C19H34O2. The van der Waals surface area contributed by atoms with Crippen LogP contribution in [0.15, 0.2) is 12.2 Å². The minimum absolute atomic E-state index is 0.0414. The van der Waals surface area contributed by atoms with Crippen molar-refractivity contribution in [3.8, 4) is 0 Å². The van der Waals surface area contributed by atoms with E-state index in [4.69, 9.17) is 5.11 Å². The van der Waals surface area contributed by atoms with Crippen molar-refractivity contribution in [2.75, 3.05) is 13.2 Å². The van der Waals surface area contributed by atoms with Crippen LogP contribution in [0.2, 0.25) is 0 Å². The van der Waals surface area contributed by atoms with Crippen molar-refractivity contribution in [3.63, 3.8) is 0 Å². The molecule has 2 N–H and O–H groups in total. The van der Waals surface area contributed by atoms with Gasteiger partial charge in [-0.2, -0.15) is 0 Å². The van der Waals surface area contributed by atoms with E-state index in [1.165, 1.54) is 32.1 Å². The van der Waals surface area contributed by atoms with Gasteiger partial charge in [-0.1, -0.05) is 39.3 Å². The van der Waals surface area contributed by atoms with Gasteiger partial charge in [0.25, 0.3) is 0 Å². The van der Waals surface area contributed by atoms with E-state index in [-0.39, 0.29) is 5.41 Å². The molecule has 0 saturated heterocycles. The normalized spacial score (nSPS) is 40.8. The minimum Gasteiger partial charge on any atom is -0.396 e. The summed E-state index contributed by atoms with van der Waals surface area (Å²) in [4.78, 5) is 0. The predicted octanol–water partition coefficient (Wildman–Crippen LogP) is 4.17. The van der Waals surface area contributed by atoms with Gasteiger partial charge in [0.1, 0.15) is 0 Å². The van der Waals surface area contributed by atoms with Crippen molar-refractivity contribution in [2.24, 2.45) is 28.6 Å². The highest BCUT2D eigenvalue weighted by Gasteiger charge is 2.52. The number of aliphatic hydroxyl groups is 2. The Morgan fingerprint density at radius 1 is 1.24 bits per heavy atom. The molecule has 2 heteroatoms. The lowest BCUT2D eigenvalue weighted by atomic mass is 9.48. The van der Waals surface area contributed by atoms with Crippen molar-refractivity contribution >= 4 is 0 Å². The maximum Gasteiger partial charge on any atom is 0.0524 e. The summed E-state index contributed by atoms with van der Waals surface area (Å²) in [7, 11) is 0. The number of allylic oxidation sites excluding steroid dienone is 1. The highest BCUT2D eigenvalue weighted by Crippen LogP contribution is 2.59. The Kier molecular flexibility index (Phi) is 5.54. The molecule has 2 nitrogen and oxygen atoms in total. The third-order valence-electron chi connectivity index (χ3n) is 6.82. The van der Waals surface area contributed by atoms with Crippen molar-refractivity contribution in [1.29, 1.82) is 0 Å². The van der Waals surface area contributed by atoms with Crippen LogP contribution < -0.4 is 0 Å². The summed E-state index contributed by atoms with van der Waals surface area (Å²) in [6, 6.07) is 0. The van der Waals surface area contributed by atoms with Gasteiger partial charge in [0.2, 0.25) is 0 Å². The zero-order valence-corrected chi connectivity index (χ0v) is 14.1. The summed E-state index contributed by atoms with van der Waals surface area (Å²) >= 11 is 0. The molecule has 2 rings (SSSR count). The van der Waals surface area contributed by atoms with Crippen LogP contribution in [0.5, 0.6) is 0 Å². The van der Waals surface area contributed by atoms with Crippen LogP contribution in [0.25, 0.3) is 0 Å². The van der Waals surface area contributed by atoms with Crippen LogP contribution in [0.3, 0.4) is 0 Å². The second-order valence-corrected chi connectivity index (χ2v) is 8.03. The Balaban J connectivity index is 2.16. The second kappa shape index (κ2) is 6.83. The first-order valence-electron chi connectivity index (χ1n) is 8.88. The van der Waals surface area contributed by atoms with Gasteiger partial charge in [0.05, 0.1) is 6.61 Å². The predicted molar refractivity (Wildman–Crippen MR) is 88.0 cm³/mol. The Hall–Kier alpha value is -0.340. The molecular weight excluding hydrogens is 260 g/mol. The third kappa shape index (κ3) is 3.22. The number of hydrogen-bond donors (Lipinski definition) is 2. The van der Waals surface area contributed by atoms with Gasteiger partial charge in [0, 0.05) is 12.0 Å². The van der Waals surface area contributed by atoms with Gasteiger partial charge in [0.15, 0.2) is 0 Å². The minimum atomic E-state index is 0.0414. The van der Waals surface area contributed by atoms with Gasteiger partial charge in [-0.15, -0.1) is 0 Å². The molecule has 1 saturated carbocycles. The first-order valence-corrected chi connectivity index (χ1v) is 8.88. The molecule has 0 aliphatic heterocycles. The van der Waals surface area contributed by atoms with Gasteiger partial charge in [-0.05, 0) is 61.7 Å². The maximum atomic E-state index is 10.1. The summed E-state index contributed by atoms with van der Waals surface area (Å²) in [6.45, 7) is 7.75. The van der Waals surface area contributed by atoms with Gasteiger partial charge < -0.3 is 10.2 Å². The van der Waals surface area contributed by atoms with E-state index in [9.17, 15) is 5.11 Å². The lowest BCUT2D eigenvalue weighted by molar-refractivity contribution is -0.0749. The summed E-state index contributed by atoms with van der Waals surface area (Å²) in [5, 5.41) is 19.2. The highest BCUT2D eigenvalue weighted by atomic mass is 16.3. The van der Waals surface area contributed by atoms with E-state index in [0.717, 1.165) is 18.8 Å². The van der Waals surface area contributed by atoms with Crippen LogP contribution in [0.1, 0.15) is 65.7 Å². The van der Waals surface area contributed by atoms with E-state index >= 15 is 0 Å². The molecule has 2 aliphatic carbocycles. The monoisotopic (exact) mass is 294 g/mol. The molecule has 0 spiro atoms. The van der Waals surface area contributed by atoms with E-state index in [0.29, 0.717) is 30.5 Å². The molecule has 0 aromatic heterocycles. The molecule has 21 heavy (non-hydrogen) atoms. The molecule has 0 aromatic carbocycles. The lowest BCUT2D eigenvalue weighted by Crippen LogP contribution is -2.51. The standard InChI is InChI=1S/C19H34O2/c1-15(9-13-20)7-11-18(3)16(2)8-12-19(14-21)10-5-4-6-17(18)19/h5,10,15-17,20-21H,4,6-9,11-14H2,1-3H3. The number of fused-ring (bicyclic) bond motifs is 1. The summed E-state index contributed by atoms with van der Waals surface area (Å²) in [6.07, 6.45) is 12.7. The smallest absolute Gasteiger partial charge is 0.0524 e. The zero-order valence-electron chi connectivity index (χ0n) is 14.1. The average Bonchev–Trinajstić information content (AvgIpc) is 2.50. The van der Waals surface area contributed by atoms with E-state index in [1.807, 2.05) is 0 Å². The Bertz CT molecular complexity index is 365. The SMILES string of the molecule is CC(CCO)CCC1(C)C(C)CCC2(CO)C=CCCC21. The third-order valence-corrected chi connectivity index (χ3v) is 6.82. The lowest BCUT2D eigenvalue weighted by Gasteiger charge is -2.57. The van der Waals surface area contributed by atoms with Gasteiger partial charge >= 0.3 is 0 Å². The molecule has 0 amide bonds. The molecule has 0 heterocycles. The molecule has 2 aliphatic rings. The van der Waals surface area contributed by atoms with Crippen molar-refractivity contribution in [2.45, 2.75) is 65.7 Å². The van der Waals surface area contributed by atoms with Crippen LogP contribution >= 0.6 is 0 Å². The van der Waals surface area contributed by atoms with Crippen molar-refractivity contribution < 1.29 is 10.2 Å². The molecule has 0 radical (unpaired) electrons. The number of aliphatic hydroxyl groups excluding tert-OH is 2. The molecule has 0 aromatic rings. The summed E-state index contributed by atoms with van der Waals surface area (Å²) in [5.74, 6) is 1.95. The maximum absolute atomic E-state index is 10.1. The van der Waals surface area contributed by atoms with Crippen LogP contribution in [0.4, 0.5) is 0 Å².